The number of anilines is 1. The standard InChI is InChI=1S/C18H24N6OS/c1-9(2)7-14-21-22-18(26-14)20-17(25)12-8-13(10(3)4)19-16-15(12)11(5)23-24(16)6/h8-10H,7H2,1-6H3,(H,20,22,25). The summed E-state index contributed by atoms with van der Waals surface area (Å²) in [5.74, 6) is 0.501. The molecular formula is C18H24N6OS. The molecule has 0 aliphatic heterocycles. The molecule has 0 saturated heterocycles. The van der Waals surface area contributed by atoms with Crippen molar-refractivity contribution < 1.29 is 4.79 Å². The first-order valence-electron chi connectivity index (χ1n) is 8.74. The molecule has 1 N–H and O–H groups in total. The van der Waals surface area contributed by atoms with E-state index in [0.717, 1.165) is 33.8 Å². The molecule has 0 radical (unpaired) electrons. The number of fused-ring (bicyclic) bond motifs is 1. The van der Waals surface area contributed by atoms with Gasteiger partial charge in [0.05, 0.1) is 16.6 Å². The molecule has 0 spiro atoms. The van der Waals surface area contributed by atoms with Crippen LogP contribution < -0.4 is 5.32 Å². The summed E-state index contributed by atoms with van der Waals surface area (Å²) in [7, 11) is 1.84. The Balaban J connectivity index is 1.98. The van der Waals surface area contributed by atoms with Crippen molar-refractivity contribution >= 4 is 33.4 Å². The van der Waals surface area contributed by atoms with Crippen LogP contribution in [0.1, 0.15) is 60.4 Å². The summed E-state index contributed by atoms with van der Waals surface area (Å²) < 4.78 is 1.72. The number of carbonyl (C=O) groups is 1. The summed E-state index contributed by atoms with van der Waals surface area (Å²) in [4.78, 5) is 17.6. The SMILES string of the molecule is Cc1nn(C)c2nc(C(C)C)cc(C(=O)Nc3nnc(CC(C)C)s3)c12. The third-order valence-corrected chi connectivity index (χ3v) is 4.96. The molecule has 0 bridgehead atoms. The fourth-order valence-corrected chi connectivity index (χ4v) is 3.79. The van der Waals surface area contributed by atoms with Crippen molar-refractivity contribution in [1.82, 2.24) is 25.0 Å². The zero-order valence-electron chi connectivity index (χ0n) is 16.0. The Morgan fingerprint density at radius 2 is 2.00 bits per heavy atom. The molecule has 3 rings (SSSR count). The van der Waals surface area contributed by atoms with E-state index in [9.17, 15) is 4.79 Å². The number of nitrogens with one attached hydrogen (secondary N) is 1. The van der Waals surface area contributed by atoms with Gasteiger partial charge in [0.2, 0.25) is 5.13 Å². The normalized spacial score (nSPS) is 11.7. The minimum Gasteiger partial charge on any atom is -0.296 e. The highest BCUT2D eigenvalue weighted by Gasteiger charge is 2.20. The van der Waals surface area contributed by atoms with E-state index < -0.39 is 0 Å². The van der Waals surface area contributed by atoms with Crippen LogP contribution in [0.2, 0.25) is 0 Å². The maximum absolute atomic E-state index is 13.0. The van der Waals surface area contributed by atoms with Gasteiger partial charge in [-0.05, 0) is 24.8 Å². The molecule has 3 aromatic heterocycles. The molecule has 0 fully saturated rings. The fraction of sp³-hybridized carbons (Fsp3) is 0.500. The lowest BCUT2D eigenvalue weighted by Crippen LogP contribution is -2.14. The largest absolute Gasteiger partial charge is 0.296 e. The van der Waals surface area contributed by atoms with Crippen LogP contribution in [-0.2, 0) is 13.5 Å². The summed E-state index contributed by atoms with van der Waals surface area (Å²) >= 11 is 1.42. The molecule has 0 aliphatic carbocycles. The number of hydrogen-bond acceptors (Lipinski definition) is 6. The monoisotopic (exact) mass is 372 g/mol. The summed E-state index contributed by atoms with van der Waals surface area (Å²) in [5, 5.41) is 17.8. The molecule has 0 saturated carbocycles. The molecule has 3 heterocycles. The van der Waals surface area contributed by atoms with Crippen LogP contribution >= 0.6 is 11.3 Å². The smallest absolute Gasteiger partial charge is 0.258 e. The second kappa shape index (κ2) is 7.11. The van der Waals surface area contributed by atoms with Gasteiger partial charge in [-0.2, -0.15) is 5.10 Å². The van der Waals surface area contributed by atoms with E-state index >= 15 is 0 Å². The highest BCUT2D eigenvalue weighted by molar-refractivity contribution is 7.15. The Kier molecular flexibility index (Phi) is 5.04. The van der Waals surface area contributed by atoms with Crippen LogP contribution in [0.25, 0.3) is 11.0 Å². The summed E-state index contributed by atoms with van der Waals surface area (Å²) in [6.45, 7) is 10.3. The Hall–Kier alpha value is -2.35. The van der Waals surface area contributed by atoms with E-state index in [1.807, 2.05) is 20.0 Å². The molecule has 26 heavy (non-hydrogen) atoms. The van der Waals surface area contributed by atoms with Gasteiger partial charge in [0.25, 0.3) is 5.91 Å². The number of pyridine rings is 1. The van der Waals surface area contributed by atoms with Gasteiger partial charge in [-0.25, -0.2) is 4.98 Å². The first-order chi connectivity index (χ1) is 12.3. The Morgan fingerprint density at radius 1 is 1.27 bits per heavy atom. The first-order valence-corrected chi connectivity index (χ1v) is 9.55. The van der Waals surface area contributed by atoms with Crippen LogP contribution in [0.5, 0.6) is 0 Å². The lowest BCUT2D eigenvalue weighted by Gasteiger charge is -2.09. The van der Waals surface area contributed by atoms with E-state index in [-0.39, 0.29) is 11.8 Å². The summed E-state index contributed by atoms with van der Waals surface area (Å²) in [5.41, 5.74) is 2.94. The molecule has 0 aliphatic rings. The average molecular weight is 372 g/mol. The summed E-state index contributed by atoms with van der Waals surface area (Å²) in [6.07, 6.45) is 0.853. The van der Waals surface area contributed by atoms with Gasteiger partial charge in [-0.3, -0.25) is 14.8 Å². The van der Waals surface area contributed by atoms with Crippen LogP contribution in [0.15, 0.2) is 6.07 Å². The highest BCUT2D eigenvalue weighted by atomic mass is 32.1. The maximum Gasteiger partial charge on any atom is 0.258 e. The number of amides is 1. The predicted molar refractivity (Wildman–Crippen MR) is 104 cm³/mol. The summed E-state index contributed by atoms with van der Waals surface area (Å²) in [6, 6.07) is 1.85. The molecular weight excluding hydrogens is 348 g/mol. The van der Waals surface area contributed by atoms with Crippen molar-refractivity contribution in [2.45, 2.75) is 47.0 Å². The molecule has 0 unspecified atom stereocenters. The predicted octanol–water partition coefficient (Wildman–Crippen LogP) is 3.70. The van der Waals surface area contributed by atoms with Crippen LogP contribution in [0, 0.1) is 12.8 Å². The van der Waals surface area contributed by atoms with E-state index in [2.05, 4.69) is 53.3 Å². The number of nitrogens with zero attached hydrogens (tertiary/aromatic N) is 5. The molecule has 8 heteroatoms. The number of aryl methyl sites for hydroxylation is 2. The van der Waals surface area contributed by atoms with Crippen LogP contribution in [-0.4, -0.2) is 30.9 Å². The van der Waals surface area contributed by atoms with Gasteiger partial charge in [0, 0.05) is 19.2 Å². The lowest BCUT2D eigenvalue weighted by molar-refractivity contribution is 0.102. The van der Waals surface area contributed by atoms with E-state index in [0.29, 0.717) is 16.6 Å². The Labute approximate surface area is 156 Å². The van der Waals surface area contributed by atoms with Gasteiger partial charge in [-0.15, -0.1) is 10.2 Å². The van der Waals surface area contributed by atoms with Gasteiger partial charge in [-0.1, -0.05) is 39.0 Å². The average Bonchev–Trinajstić information content (AvgIpc) is 3.10. The van der Waals surface area contributed by atoms with Crippen LogP contribution in [0.3, 0.4) is 0 Å². The minimum absolute atomic E-state index is 0.206. The van der Waals surface area contributed by atoms with Crippen molar-refractivity contribution in [3.05, 3.63) is 28.0 Å². The van der Waals surface area contributed by atoms with E-state index in [4.69, 9.17) is 0 Å². The highest BCUT2D eigenvalue weighted by Crippen LogP contribution is 2.26. The van der Waals surface area contributed by atoms with Crippen molar-refractivity contribution in [3.63, 3.8) is 0 Å². The number of hydrogen-bond donors (Lipinski definition) is 1. The quantitative estimate of drug-likeness (QED) is 0.738. The van der Waals surface area contributed by atoms with E-state index in [1.54, 1.807) is 4.68 Å². The topological polar surface area (TPSA) is 85.6 Å². The second-order valence-electron chi connectivity index (χ2n) is 7.21. The molecule has 0 aromatic carbocycles. The Bertz CT molecular complexity index is 956. The third kappa shape index (κ3) is 3.60. The molecule has 3 aromatic rings. The molecule has 138 valence electrons. The number of aromatic nitrogens is 5. The fourth-order valence-electron chi connectivity index (χ4n) is 2.84. The van der Waals surface area contributed by atoms with Gasteiger partial charge < -0.3 is 0 Å². The zero-order chi connectivity index (χ0) is 19.0. The Morgan fingerprint density at radius 3 is 2.65 bits per heavy atom. The minimum atomic E-state index is -0.206. The third-order valence-electron chi connectivity index (χ3n) is 4.09. The van der Waals surface area contributed by atoms with Gasteiger partial charge in [0.15, 0.2) is 5.65 Å². The molecule has 7 nitrogen and oxygen atoms in total. The number of rotatable bonds is 5. The zero-order valence-corrected chi connectivity index (χ0v) is 16.8. The van der Waals surface area contributed by atoms with E-state index in [1.165, 1.54) is 11.3 Å². The maximum atomic E-state index is 13.0. The van der Waals surface area contributed by atoms with Crippen molar-refractivity contribution in [1.29, 1.82) is 0 Å². The second-order valence-corrected chi connectivity index (χ2v) is 8.27. The van der Waals surface area contributed by atoms with Gasteiger partial charge >= 0.3 is 0 Å². The first kappa shape index (κ1) is 18.4. The van der Waals surface area contributed by atoms with Crippen molar-refractivity contribution in [3.8, 4) is 0 Å². The van der Waals surface area contributed by atoms with Crippen molar-refractivity contribution in [2.75, 3.05) is 5.32 Å². The van der Waals surface area contributed by atoms with Crippen LogP contribution in [0.4, 0.5) is 5.13 Å². The lowest BCUT2D eigenvalue weighted by atomic mass is 10.0. The number of carbonyl (C=O) groups excluding carboxylic acids is 1. The van der Waals surface area contributed by atoms with Gasteiger partial charge in [0.1, 0.15) is 5.01 Å². The molecule has 0 atom stereocenters. The molecule has 1 amide bonds. The van der Waals surface area contributed by atoms with Crippen molar-refractivity contribution in [2.24, 2.45) is 13.0 Å².